The molecule has 1 saturated carbocycles. The topological polar surface area (TPSA) is 106 Å². The van der Waals surface area contributed by atoms with Gasteiger partial charge in [0.15, 0.2) is 5.65 Å². The Kier molecular flexibility index (Phi) is 8.58. The SMILES string of the molecule is COc1cc(-c2nn(C3CCC(N4CCN(C)CC4)CC3)c3ncnc(N)c23)ccc1N(C)C(=O)CCc1ccccc1. The first-order valence-electron chi connectivity index (χ1n) is 15.3. The predicted octanol–water partition coefficient (Wildman–Crippen LogP) is 4.41. The largest absolute Gasteiger partial charge is 0.495 e. The smallest absolute Gasteiger partial charge is 0.227 e. The standard InChI is InChI=1S/C33H42N8O2/c1-38-17-19-40(20-18-38)25-11-13-26(14-12-25)41-33-30(32(34)35-22-36-33)31(37-41)24-10-15-27(28(21-24)43-3)39(2)29(42)16-9-23-7-5-4-6-8-23/h4-8,10,15,21-22,25-26H,9,11-14,16-20H2,1-3H3,(H2,34,35,36). The van der Waals surface area contributed by atoms with E-state index in [0.717, 1.165) is 79.7 Å². The molecule has 10 nitrogen and oxygen atoms in total. The number of ether oxygens (including phenoxy) is 1. The van der Waals surface area contributed by atoms with Crippen molar-refractivity contribution in [1.29, 1.82) is 0 Å². The Labute approximate surface area is 253 Å². The van der Waals surface area contributed by atoms with Crippen LogP contribution in [0.1, 0.15) is 43.7 Å². The van der Waals surface area contributed by atoms with Crippen molar-refractivity contribution in [1.82, 2.24) is 29.5 Å². The number of rotatable bonds is 8. The number of aryl methyl sites for hydroxylation is 1. The fraction of sp³-hybridized carbons (Fsp3) is 0.455. The Morgan fingerprint density at radius 1 is 1.00 bits per heavy atom. The molecule has 1 aliphatic heterocycles. The van der Waals surface area contributed by atoms with E-state index >= 15 is 0 Å². The summed E-state index contributed by atoms with van der Waals surface area (Å²) in [7, 11) is 5.62. The maximum absolute atomic E-state index is 13.1. The molecule has 0 radical (unpaired) electrons. The van der Waals surface area contributed by atoms with Gasteiger partial charge in [0.05, 0.1) is 24.2 Å². The molecule has 0 spiro atoms. The molecule has 1 saturated heterocycles. The zero-order valence-electron chi connectivity index (χ0n) is 25.4. The lowest BCUT2D eigenvalue weighted by atomic mass is 9.90. The minimum Gasteiger partial charge on any atom is -0.495 e. The lowest BCUT2D eigenvalue weighted by Crippen LogP contribution is -2.49. The van der Waals surface area contributed by atoms with Crippen molar-refractivity contribution in [2.24, 2.45) is 0 Å². The molecule has 2 fully saturated rings. The van der Waals surface area contributed by atoms with Gasteiger partial charge in [-0.3, -0.25) is 9.69 Å². The zero-order chi connectivity index (χ0) is 29.9. The quantitative estimate of drug-likeness (QED) is 0.326. The number of carbonyl (C=O) groups excluding carboxylic acids is 1. The van der Waals surface area contributed by atoms with E-state index in [1.807, 2.05) is 48.5 Å². The molecule has 4 aromatic rings. The van der Waals surface area contributed by atoms with Crippen LogP contribution >= 0.6 is 0 Å². The van der Waals surface area contributed by atoms with Crippen molar-refractivity contribution < 1.29 is 9.53 Å². The second-order valence-electron chi connectivity index (χ2n) is 11.9. The number of hydrogen-bond acceptors (Lipinski definition) is 8. The lowest BCUT2D eigenvalue weighted by molar-refractivity contribution is -0.118. The molecule has 2 aliphatic rings. The molecule has 10 heteroatoms. The molecule has 2 N–H and O–H groups in total. The van der Waals surface area contributed by atoms with Gasteiger partial charge in [0.1, 0.15) is 23.6 Å². The van der Waals surface area contributed by atoms with Gasteiger partial charge in [-0.1, -0.05) is 36.4 Å². The number of benzene rings is 2. The second kappa shape index (κ2) is 12.7. The lowest BCUT2D eigenvalue weighted by Gasteiger charge is -2.41. The summed E-state index contributed by atoms with van der Waals surface area (Å²) in [4.78, 5) is 28.8. The van der Waals surface area contributed by atoms with Crippen LogP contribution in [0.15, 0.2) is 54.9 Å². The predicted molar refractivity (Wildman–Crippen MR) is 170 cm³/mol. The highest BCUT2D eigenvalue weighted by atomic mass is 16.5. The van der Waals surface area contributed by atoms with Gasteiger partial charge in [0, 0.05) is 51.3 Å². The van der Waals surface area contributed by atoms with E-state index in [9.17, 15) is 4.79 Å². The van der Waals surface area contributed by atoms with Crippen molar-refractivity contribution >= 4 is 28.4 Å². The maximum atomic E-state index is 13.1. The highest BCUT2D eigenvalue weighted by Gasteiger charge is 2.31. The average molecular weight is 583 g/mol. The number of amides is 1. The van der Waals surface area contributed by atoms with Crippen LogP contribution in [-0.2, 0) is 11.2 Å². The summed E-state index contributed by atoms with van der Waals surface area (Å²) in [5, 5.41) is 5.87. The summed E-state index contributed by atoms with van der Waals surface area (Å²) in [6.45, 7) is 4.58. The number of aromatic nitrogens is 4. The van der Waals surface area contributed by atoms with Gasteiger partial charge in [0.25, 0.3) is 0 Å². The van der Waals surface area contributed by atoms with Crippen molar-refractivity contribution in [2.45, 2.75) is 50.6 Å². The van der Waals surface area contributed by atoms with Gasteiger partial charge in [0.2, 0.25) is 5.91 Å². The van der Waals surface area contributed by atoms with Gasteiger partial charge in [-0.25, -0.2) is 14.6 Å². The molecule has 43 heavy (non-hydrogen) atoms. The van der Waals surface area contributed by atoms with Crippen LogP contribution in [0.4, 0.5) is 11.5 Å². The first-order chi connectivity index (χ1) is 20.9. The molecule has 1 aliphatic carbocycles. The number of carbonyl (C=O) groups is 1. The molecule has 2 aromatic heterocycles. The Balaban J connectivity index is 1.23. The maximum Gasteiger partial charge on any atom is 0.227 e. The number of nitrogens with zero attached hydrogens (tertiary/aromatic N) is 7. The Hall–Kier alpha value is -4.02. The van der Waals surface area contributed by atoms with Crippen LogP contribution in [0.25, 0.3) is 22.3 Å². The minimum absolute atomic E-state index is 0.0226. The molecular weight excluding hydrogens is 540 g/mol. The van der Waals surface area contributed by atoms with Crippen LogP contribution in [0.5, 0.6) is 5.75 Å². The van der Waals surface area contributed by atoms with Crippen LogP contribution in [0.2, 0.25) is 0 Å². The Bertz CT molecular complexity index is 1560. The fourth-order valence-corrected chi connectivity index (χ4v) is 6.61. The number of fused-ring (bicyclic) bond motifs is 1. The van der Waals surface area contributed by atoms with Crippen molar-refractivity contribution in [3.05, 3.63) is 60.4 Å². The van der Waals surface area contributed by atoms with Gasteiger partial charge in [-0.2, -0.15) is 5.10 Å². The third-order valence-corrected chi connectivity index (χ3v) is 9.24. The van der Waals surface area contributed by atoms with E-state index in [1.165, 1.54) is 6.33 Å². The van der Waals surface area contributed by atoms with Gasteiger partial charge < -0.3 is 20.3 Å². The molecule has 1 amide bonds. The molecule has 0 atom stereocenters. The molecule has 226 valence electrons. The van der Waals surface area contributed by atoms with Crippen LogP contribution in [0, 0.1) is 0 Å². The van der Waals surface area contributed by atoms with E-state index in [4.69, 9.17) is 15.6 Å². The van der Waals surface area contributed by atoms with E-state index in [1.54, 1.807) is 19.1 Å². The third-order valence-electron chi connectivity index (χ3n) is 9.24. The molecule has 6 rings (SSSR count). The second-order valence-corrected chi connectivity index (χ2v) is 11.9. The molecule has 0 unspecified atom stereocenters. The number of anilines is 2. The summed E-state index contributed by atoms with van der Waals surface area (Å²) < 4.78 is 7.86. The van der Waals surface area contributed by atoms with Crippen molar-refractivity contribution in [3.63, 3.8) is 0 Å². The number of nitrogens with two attached hydrogens (primary N) is 1. The highest BCUT2D eigenvalue weighted by molar-refractivity contribution is 5.99. The van der Waals surface area contributed by atoms with Crippen LogP contribution < -0.4 is 15.4 Å². The monoisotopic (exact) mass is 582 g/mol. The number of nitrogen functional groups attached to an aromatic ring is 1. The zero-order valence-corrected chi connectivity index (χ0v) is 25.4. The molecular formula is C33H42N8O2. The number of methoxy groups -OCH3 is 1. The van der Waals surface area contributed by atoms with Crippen molar-refractivity contribution in [3.8, 4) is 17.0 Å². The van der Waals surface area contributed by atoms with E-state index in [-0.39, 0.29) is 11.9 Å². The molecule has 2 aromatic carbocycles. The van der Waals surface area contributed by atoms with E-state index in [2.05, 4.69) is 31.5 Å². The van der Waals surface area contributed by atoms with Crippen molar-refractivity contribution in [2.75, 3.05) is 58.0 Å². The summed E-state index contributed by atoms with van der Waals surface area (Å²) in [6.07, 6.45) is 7.02. The fourth-order valence-electron chi connectivity index (χ4n) is 6.61. The summed E-state index contributed by atoms with van der Waals surface area (Å²) >= 11 is 0. The van der Waals surface area contributed by atoms with Gasteiger partial charge in [-0.15, -0.1) is 0 Å². The van der Waals surface area contributed by atoms with Crippen LogP contribution in [-0.4, -0.2) is 88.9 Å². The van der Waals surface area contributed by atoms with E-state index < -0.39 is 0 Å². The third kappa shape index (κ3) is 6.07. The Morgan fingerprint density at radius 3 is 2.44 bits per heavy atom. The number of piperazine rings is 1. The summed E-state index contributed by atoms with van der Waals surface area (Å²) in [6, 6.07) is 16.8. The minimum atomic E-state index is 0.0226. The summed E-state index contributed by atoms with van der Waals surface area (Å²) in [5.74, 6) is 1.03. The normalized spacial score (nSPS) is 19.9. The number of hydrogen-bond donors (Lipinski definition) is 1. The number of likely N-dealkylation sites (N-methyl/N-ethyl adjacent to an activating group) is 1. The van der Waals surface area contributed by atoms with E-state index in [0.29, 0.717) is 36.1 Å². The average Bonchev–Trinajstić information content (AvgIpc) is 3.45. The molecule has 0 bridgehead atoms. The first-order valence-corrected chi connectivity index (χ1v) is 15.3. The Morgan fingerprint density at radius 2 is 1.72 bits per heavy atom. The van der Waals surface area contributed by atoms with Gasteiger partial charge in [-0.05, 0) is 56.8 Å². The van der Waals surface area contributed by atoms with Gasteiger partial charge >= 0.3 is 0 Å². The highest BCUT2D eigenvalue weighted by Crippen LogP contribution is 2.39. The summed E-state index contributed by atoms with van der Waals surface area (Å²) in [5.41, 5.74) is 10.6. The van der Waals surface area contributed by atoms with Crippen LogP contribution in [0.3, 0.4) is 0 Å². The first kappa shape index (κ1) is 29.1. The molecule has 3 heterocycles.